The van der Waals surface area contributed by atoms with Crippen molar-refractivity contribution in [3.05, 3.63) is 88.6 Å². The van der Waals surface area contributed by atoms with Crippen LogP contribution in [0.25, 0.3) is 17.2 Å². The average molecular weight is 290 g/mol. The Kier molecular flexibility index (Phi) is 4.08. The molecule has 3 rings (SSSR count). The number of allylic oxidation sites excluding steroid dienone is 1. The van der Waals surface area contributed by atoms with E-state index < -0.39 is 0 Å². The Morgan fingerprint density at radius 2 is 1.52 bits per heavy atom. The highest BCUT2D eigenvalue weighted by Gasteiger charge is 2.03. The van der Waals surface area contributed by atoms with Crippen LogP contribution in [0.5, 0.6) is 0 Å². The Hall–Kier alpha value is -2.45. The summed E-state index contributed by atoms with van der Waals surface area (Å²) in [6.07, 6.45) is 3.49. The maximum Gasteiger partial charge on any atom is 0.185 e. The quantitative estimate of drug-likeness (QED) is 0.470. The van der Waals surface area contributed by atoms with Gasteiger partial charge in [0.15, 0.2) is 5.78 Å². The number of rotatable bonds is 4. The molecule has 0 aliphatic rings. The van der Waals surface area contributed by atoms with Gasteiger partial charge in [-0.1, -0.05) is 60.7 Å². The van der Waals surface area contributed by atoms with Crippen molar-refractivity contribution in [2.24, 2.45) is 0 Å². The highest BCUT2D eigenvalue weighted by Crippen LogP contribution is 2.19. The molecule has 0 N–H and O–H groups in total. The number of hydrogen-bond donors (Lipinski definition) is 0. The van der Waals surface area contributed by atoms with Gasteiger partial charge in [0, 0.05) is 10.4 Å². The zero-order chi connectivity index (χ0) is 14.5. The number of benzene rings is 2. The largest absolute Gasteiger partial charge is 0.289 e. The molecule has 1 aromatic heterocycles. The Labute approximate surface area is 128 Å². The Morgan fingerprint density at radius 3 is 2.19 bits per heavy atom. The minimum absolute atomic E-state index is 0.0306. The number of carbonyl (C=O) groups is 1. The molecule has 2 heteroatoms. The lowest BCUT2D eigenvalue weighted by atomic mass is 10.0. The molecule has 102 valence electrons. The fourth-order valence-corrected chi connectivity index (χ4v) is 2.72. The maximum absolute atomic E-state index is 12.1. The van der Waals surface area contributed by atoms with Gasteiger partial charge in [0.05, 0.1) is 0 Å². The summed E-state index contributed by atoms with van der Waals surface area (Å²) in [5.41, 5.74) is 2.99. The fourth-order valence-electron chi connectivity index (χ4n) is 2.10. The van der Waals surface area contributed by atoms with Crippen LogP contribution in [0.15, 0.2) is 78.2 Å². The monoisotopic (exact) mass is 290 g/mol. The second-order valence-electron chi connectivity index (χ2n) is 4.66. The first-order chi connectivity index (χ1) is 10.3. The van der Waals surface area contributed by atoms with Crippen LogP contribution in [0.1, 0.15) is 15.2 Å². The van der Waals surface area contributed by atoms with Gasteiger partial charge in [-0.3, -0.25) is 4.79 Å². The molecule has 0 bridgehead atoms. The molecule has 0 fully saturated rings. The van der Waals surface area contributed by atoms with Crippen molar-refractivity contribution >= 4 is 23.2 Å². The van der Waals surface area contributed by atoms with Gasteiger partial charge in [0.1, 0.15) is 0 Å². The van der Waals surface area contributed by atoms with E-state index in [1.54, 1.807) is 17.4 Å². The van der Waals surface area contributed by atoms with Crippen molar-refractivity contribution in [1.29, 1.82) is 0 Å². The van der Waals surface area contributed by atoms with E-state index in [-0.39, 0.29) is 5.78 Å². The SMILES string of the molecule is O=C(/C=C/c1cccs1)c1ccc(-c2ccccc2)cc1. The van der Waals surface area contributed by atoms with E-state index in [1.165, 1.54) is 0 Å². The van der Waals surface area contributed by atoms with E-state index in [0.29, 0.717) is 5.56 Å². The molecular weight excluding hydrogens is 276 g/mol. The minimum atomic E-state index is 0.0306. The van der Waals surface area contributed by atoms with Crippen LogP contribution in [0.2, 0.25) is 0 Å². The summed E-state index contributed by atoms with van der Waals surface area (Å²) in [5.74, 6) is 0.0306. The van der Waals surface area contributed by atoms with E-state index in [0.717, 1.165) is 16.0 Å². The van der Waals surface area contributed by atoms with E-state index in [9.17, 15) is 4.79 Å². The molecule has 21 heavy (non-hydrogen) atoms. The summed E-state index contributed by atoms with van der Waals surface area (Å²) >= 11 is 1.62. The summed E-state index contributed by atoms with van der Waals surface area (Å²) in [6, 6.07) is 21.8. The first kappa shape index (κ1) is 13.5. The summed E-state index contributed by atoms with van der Waals surface area (Å²) < 4.78 is 0. The maximum atomic E-state index is 12.1. The van der Waals surface area contributed by atoms with Crippen LogP contribution in [-0.2, 0) is 0 Å². The Morgan fingerprint density at radius 1 is 0.810 bits per heavy atom. The molecule has 0 saturated heterocycles. The molecular formula is C19H14OS. The number of hydrogen-bond acceptors (Lipinski definition) is 2. The van der Waals surface area contributed by atoms with Crippen molar-refractivity contribution in [3.63, 3.8) is 0 Å². The summed E-state index contributed by atoms with van der Waals surface area (Å²) in [4.78, 5) is 13.2. The normalized spacial score (nSPS) is 10.9. The molecule has 0 aliphatic heterocycles. The summed E-state index contributed by atoms with van der Waals surface area (Å²) in [5, 5.41) is 2.00. The molecule has 0 amide bonds. The van der Waals surface area contributed by atoms with Crippen molar-refractivity contribution in [3.8, 4) is 11.1 Å². The van der Waals surface area contributed by atoms with Gasteiger partial charge in [-0.15, -0.1) is 11.3 Å². The van der Waals surface area contributed by atoms with Crippen molar-refractivity contribution in [2.45, 2.75) is 0 Å². The van der Waals surface area contributed by atoms with Gasteiger partial charge in [-0.05, 0) is 34.7 Å². The lowest BCUT2D eigenvalue weighted by molar-refractivity contribution is 0.104. The summed E-state index contributed by atoms with van der Waals surface area (Å²) in [6.45, 7) is 0. The lowest BCUT2D eigenvalue weighted by Crippen LogP contribution is -1.93. The van der Waals surface area contributed by atoms with Crippen LogP contribution >= 0.6 is 11.3 Å². The second kappa shape index (κ2) is 6.33. The molecule has 1 heterocycles. The molecule has 0 atom stereocenters. The second-order valence-corrected chi connectivity index (χ2v) is 5.64. The van der Waals surface area contributed by atoms with Crippen LogP contribution in [0.4, 0.5) is 0 Å². The zero-order valence-electron chi connectivity index (χ0n) is 11.4. The third-order valence-electron chi connectivity index (χ3n) is 3.22. The first-order valence-electron chi connectivity index (χ1n) is 6.74. The number of thiophene rings is 1. The molecule has 0 saturated carbocycles. The standard InChI is InChI=1S/C19H14OS/c20-19(13-12-18-7-4-14-21-18)17-10-8-16(9-11-17)15-5-2-1-3-6-15/h1-14H/b13-12+. The molecule has 0 aliphatic carbocycles. The van der Waals surface area contributed by atoms with E-state index >= 15 is 0 Å². The van der Waals surface area contributed by atoms with Gasteiger partial charge in [0.2, 0.25) is 0 Å². The van der Waals surface area contributed by atoms with Crippen LogP contribution in [0, 0.1) is 0 Å². The third-order valence-corrected chi connectivity index (χ3v) is 4.06. The van der Waals surface area contributed by atoms with Crippen LogP contribution < -0.4 is 0 Å². The predicted molar refractivity (Wildman–Crippen MR) is 89.6 cm³/mol. The fraction of sp³-hybridized carbons (Fsp3) is 0. The minimum Gasteiger partial charge on any atom is -0.289 e. The molecule has 0 spiro atoms. The molecule has 0 unspecified atom stereocenters. The smallest absolute Gasteiger partial charge is 0.185 e. The lowest BCUT2D eigenvalue weighted by Gasteiger charge is -2.02. The molecule has 1 nitrogen and oxygen atoms in total. The Balaban J connectivity index is 1.76. The third kappa shape index (κ3) is 3.36. The number of carbonyl (C=O) groups excluding carboxylic acids is 1. The van der Waals surface area contributed by atoms with Gasteiger partial charge in [0.25, 0.3) is 0 Å². The molecule has 2 aromatic carbocycles. The zero-order valence-corrected chi connectivity index (χ0v) is 12.2. The molecule has 0 radical (unpaired) electrons. The summed E-state index contributed by atoms with van der Waals surface area (Å²) in [7, 11) is 0. The van der Waals surface area contributed by atoms with Crippen LogP contribution in [0.3, 0.4) is 0 Å². The number of ketones is 1. The van der Waals surface area contributed by atoms with Gasteiger partial charge in [-0.2, -0.15) is 0 Å². The van der Waals surface area contributed by atoms with Crippen LogP contribution in [-0.4, -0.2) is 5.78 Å². The van der Waals surface area contributed by atoms with E-state index in [4.69, 9.17) is 0 Å². The predicted octanol–water partition coefficient (Wildman–Crippen LogP) is 5.31. The van der Waals surface area contributed by atoms with Crippen molar-refractivity contribution in [1.82, 2.24) is 0 Å². The molecule has 3 aromatic rings. The topological polar surface area (TPSA) is 17.1 Å². The van der Waals surface area contributed by atoms with Gasteiger partial charge >= 0.3 is 0 Å². The highest BCUT2D eigenvalue weighted by atomic mass is 32.1. The first-order valence-corrected chi connectivity index (χ1v) is 7.62. The highest BCUT2D eigenvalue weighted by molar-refractivity contribution is 7.10. The Bertz CT molecular complexity index is 738. The average Bonchev–Trinajstić information content (AvgIpc) is 3.07. The van der Waals surface area contributed by atoms with Gasteiger partial charge in [-0.25, -0.2) is 0 Å². The van der Waals surface area contributed by atoms with Gasteiger partial charge < -0.3 is 0 Å². The van der Waals surface area contributed by atoms with Crippen molar-refractivity contribution < 1.29 is 4.79 Å². The van der Waals surface area contributed by atoms with E-state index in [1.807, 2.05) is 66.1 Å². The van der Waals surface area contributed by atoms with Crippen molar-refractivity contribution in [2.75, 3.05) is 0 Å². The van der Waals surface area contributed by atoms with E-state index in [2.05, 4.69) is 12.1 Å².